The fourth-order valence-corrected chi connectivity index (χ4v) is 2.13. The van der Waals surface area contributed by atoms with E-state index in [-0.39, 0.29) is 11.4 Å². The van der Waals surface area contributed by atoms with Crippen LogP contribution >= 0.6 is 15.9 Å². The number of amides is 1. The van der Waals surface area contributed by atoms with Crippen molar-refractivity contribution in [1.29, 1.82) is 0 Å². The summed E-state index contributed by atoms with van der Waals surface area (Å²) in [6.45, 7) is 6.40. The highest BCUT2D eigenvalue weighted by Gasteiger charge is 2.23. The van der Waals surface area contributed by atoms with Crippen LogP contribution in [-0.4, -0.2) is 18.1 Å². The third-order valence-electron chi connectivity index (χ3n) is 3.31. The highest BCUT2D eigenvalue weighted by molar-refractivity contribution is 9.10. The van der Waals surface area contributed by atoms with Gasteiger partial charge >= 0.3 is 0 Å². The Morgan fingerprint density at radius 2 is 2.21 bits per heavy atom. The van der Waals surface area contributed by atoms with E-state index in [0.717, 1.165) is 22.2 Å². The van der Waals surface area contributed by atoms with E-state index in [2.05, 4.69) is 28.2 Å². The molecule has 1 N–H and O–H groups in total. The first-order chi connectivity index (χ1) is 8.91. The molecule has 1 aromatic rings. The number of carbonyl (C=O) groups excluding carboxylic acids is 1. The first-order valence-corrected chi connectivity index (χ1v) is 7.16. The third kappa shape index (κ3) is 3.38. The van der Waals surface area contributed by atoms with Gasteiger partial charge in [0.2, 0.25) is 0 Å². The Labute approximate surface area is 122 Å². The van der Waals surface area contributed by atoms with Gasteiger partial charge in [0.15, 0.2) is 0 Å². The second-order valence-corrected chi connectivity index (χ2v) is 6.25. The summed E-state index contributed by atoms with van der Waals surface area (Å²) >= 11 is 3.42. The summed E-state index contributed by atoms with van der Waals surface area (Å²) in [7, 11) is 0. The van der Waals surface area contributed by atoms with E-state index in [1.165, 1.54) is 0 Å². The van der Waals surface area contributed by atoms with Crippen LogP contribution in [0.15, 0.2) is 28.2 Å². The van der Waals surface area contributed by atoms with Crippen molar-refractivity contribution in [3.05, 3.63) is 33.8 Å². The quantitative estimate of drug-likeness (QED) is 0.924. The normalized spacial score (nSPS) is 14.2. The van der Waals surface area contributed by atoms with Gasteiger partial charge in [-0.25, -0.2) is 0 Å². The molecule has 0 aromatic heterocycles. The maximum atomic E-state index is 12.2. The molecule has 0 saturated heterocycles. The first kappa shape index (κ1) is 14.1. The molecule has 4 heteroatoms. The Bertz CT molecular complexity index is 535. The molecule has 1 heterocycles. The number of carbonyl (C=O) groups is 1. The third-order valence-corrected chi connectivity index (χ3v) is 3.81. The molecule has 0 radical (unpaired) electrons. The van der Waals surface area contributed by atoms with Crippen LogP contribution in [0.5, 0.6) is 5.75 Å². The maximum Gasteiger partial charge on any atom is 0.251 e. The lowest BCUT2D eigenvalue weighted by atomic mass is 10.0. The number of fused-ring (bicyclic) bond motifs is 1. The number of hydrogen-bond donors (Lipinski definition) is 1. The molecule has 0 fully saturated rings. The van der Waals surface area contributed by atoms with Gasteiger partial charge in [0.1, 0.15) is 12.4 Å². The minimum absolute atomic E-state index is 0.0579. The number of rotatable bonds is 3. The van der Waals surface area contributed by atoms with Crippen molar-refractivity contribution in [3.63, 3.8) is 0 Å². The van der Waals surface area contributed by atoms with Gasteiger partial charge in [0, 0.05) is 15.6 Å². The fraction of sp³-hybridized carbons (Fsp3) is 0.400. The summed E-state index contributed by atoms with van der Waals surface area (Å²) < 4.78 is 6.58. The lowest BCUT2D eigenvalue weighted by molar-refractivity contribution is -0.119. The molecule has 1 aromatic carbocycles. The Morgan fingerprint density at radius 3 is 2.89 bits per heavy atom. The molecule has 0 unspecified atom stereocenters. The molecule has 0 bridgehead atoms. The molecule has 102 valence electrons. The molecular weight excluding hydrogens is 306 g/mol. The lowest BCUT2D eigenvalue weighted by Gasteiger charge is -2.26. The molecular formula is C15H18BrNO2. The fourth-order valence-electron chi connectivity index (χ4n) is 1.76. The largest absolute Gasteiger partial charge is 0.488 e. The molecule has 1 aliphatic rings. The molecule has 19 heavy (non-hydrogen) atoms. The van der Waals surface area contributed by atoms with Crippen LogP contribution in [-0.2, 0) is 4.79 Å². The predicted molar refractivity (Wildman–Crippen MR) is 80.1 cm³/mol. The second kappa shape index (κ2) is 5.37. The average molecular weight is 324 g/mol. The van der Waals surface area contributed by atoms with Crippen molar-refractivity contribution < 1.29 is 9.53 Å². The van der Waals surface area contributed by atoms with Crippen molar-refractivity contribution in [2.75, 3.05) is 6.61 Å². The SMILES string of the molecule is CCC(C)(C)NC(=O)C1=Cc2cc(Br)ccc2OC1. The molecule has 2 rings (SSSR count). The van der Waals surface area contributed by atoms with Gasteiger partial charge in [0.25, 0.3) is 5.91 Å². The Kier molecular flexibility index (Phi) is 3.99. The molecule has 0 saturated carbocycles. The minimum Gasteiger partial charge on any atom is -0.488 e. The number of nitrogens with one attached hydrogen (secondary N) is 1. The van der Waals surface area contributed by atoms with Crippen molar-refractivity contribution in [2.24, 2.45) is 0 Å². The van der Waals surface area contributed by atoms with Gasteiger partial charge < -0.3 is 10.1 Å². The van der Waals surface area contributed by atoms with Crippen LogP contribution in [0.4, 0.5) is 0 Å². The zero-order valence-electron chi connectivity index (χ0n) is 11.4. The number of halogens is 1. The molecule has 0 atom stereocenters. The van der Waals surface area contributed by atoms with Crippen LogP contribution in [0.1, 0.15) is 32.8 Å². The Hall–Kier alpha value is -1.29. The number of hydrogen-bond acceptors (Lipinski definition) is 2. The lowest BCUT2D eigenvalue weighted by Crippen LogP contribution is -2.44. The van der Waals surface area contributed by atoms with Crippen LogP contribution in [0.25, 0.3) is 6.08 Å². The average Bonchev–Trinajstić information content (AvgIpc) is 2.37. The van der Waals surface area contributed by atoms with Gasteiger partial charge in [-0.1, -0.05) is 22.9 Å². The Balaban J connectivity index is 2.21. The number of benzene rings is 1. The second-order valence-electron chi connectivity index (χ2n) is 5.33. The van der Waals surface area contributed by atoms with E-state index < -0.39 is 0 Å². The van der Waals surface area contributed by atoms with Gasteiger partial charge in [-0.05, 0) is 44.5 Å². The minimum atomic E-state index is -0.199. The van der Waals surface area contributed by atoms with Gasteiger partial charge in [-0.3, -0.25) is 4.79 Å². The molecule has 3 nitrogen and oxygen atoms in total. The zero-order chi connectivity index (χ0) is 14.0. The van der Waals surface area contributed by atoms with E-state index in [4.69, 9.17) is 4.74 Å². The van der Waals surface area contributed by atoms with E-state index in [1.807, 2.05) is 38.1 Å². The summed E-state index contributed by atoms with van der Waals surface area (Å²) in [5.74, 6) is 0.756. The van der Waals surface area contributed by atoms with Crippen molar-refractivity contribution in [3.8, 4) is 5.75 Å². The van der Waals surface area contributed by atoms with E-state index >= 15 is 0 Å². The Morgan fingerprint density at radius 1 is 1.47 bits per heavy atom. The highest BCUT2D eigenvalue weighted by atomic mass is 79.9. The summed E-state index contributed by atoms with van der Waals surface area (Å²) in [6, 6.07) is 5.78. The standard InChI is InChI=1S/C15H18BrNO2/c1-4-15(2,3)17-14(18)11-7-10-8-12(16)5-6-13(10)19-9-11/h5-8H,4,9H2,1-3H3,(H,17,18). The summed E-state index contributed by atoms with van der Waals surface area (Å²) in [4.78, 5) is 12.2. The summed E-state index contributed by atoms with van der Waals surface area (Å²) in [5, 5.41) is 3.02. The van der Waals surface area contributed by atoms with Gasteiger partial charge in [-0.15, -0.1) is 0 Å². The van der Waals surface area contributed by atoms with Gasteiger partial charge in [0.05, 0.1) is 5.57 Å². The van der Waals surface area contributed by atoms with Crippen molar-refractivity contribution >= 4 is 27.9 Å². The molecule has 0 spiro atoms. The summed E-state index contributed by atoms with van der Waals surface area (Å²) in [6.07, 6.45) is 2.78. The topological polar surface area (TPSA) is 38.3 Å². The van der Waals surface area contributed by atoms with Crippen LogP contribution in [0.3, 0.4) is 0 Å². The molecule has 0 aliphatic carbocycles. The van der Waals surface area contributed by atoms with E-state index in [9.17, 15) is 4.79 Å². The monoisotopic (exact) mass is 323 g/mol. The highest BCUT2D eigenvalue weighted by Crippen LogP contribution is 2.29. The molecule has 1 aliphatic heterocycles. The van der Waals surface area contributed by atoms with E-state index in [1.54, 1.807) is 0 Å². The number of ether oxygens (including phenoxy) is 1. The first-order valence-electron chi connectivity index (χ1n) is 6.37. The van der Waals surface area contributed by atoms with Gasteiger partial charge in [-0.2, -0.15) is 0 Å². The van der Waals surface area contributed by atoms with Crippen molar-refractivity contribution in [1.82, 2.24) is 5.32 Å². The van der Waals surface area contributed by atoms with Crippen LogP contribution in [0.2, 0.25) is 0 Å². The zero-order valence-corrected chi connectivity index (χ0v) is 13.0. The smallest absolute Gasteiger partial charge is 0.251 e. The van der Waals surface area contributed by atoms with E-state index in [0.29, 0.717) is 12.2 Å². The maximum absolute atomic E-state index is 12.2. The van der Waals surface area contributed by atoms with Crippen LogP contribution < -0.4 is 10.1 Å². The van der Waals surface area contributed by atoms with Crippen LogP contribution in [0, 0.1) is 0 Å². The van der Waals surface area contributed by atoms with Crippen molar-refractivity contribution in [2.45, 2.75) is 32.7 Å². The molecule has 1 amide bonds. The predicted octanol–water partition coefficient (Wildman–Crippen LogP) is 3.53. The summed E-state index contributed by atoms with van der Waals surface area (Å²) in [5.41, 5.74) is 1.39.